The highest BCUT2D eigenvalue weighted by atomic mass is 15.3. The molecule has 0 spiro atoms. The summed E-state index contributed by atoms with van der Waals surface area (Å²) in [6.45, 7) is 16.3. The van der Waals surface area contributed by atoms with Crippen molar-refractivity contribution >= 4 is 45.6 Å². The highest BCUT2D eigenvalue weighted by Gasteiger charge is 2.25. The fraction of sp³-hybridized carbons (Fsp3) is 0. The third-order valence-corrected chi connectivity index (χ3v) is 8.77. The van der Waals surface area contributed by atoms with Crippen LogP contribution in [0.4, 0.5) is 0 Å². The first-order valence-corrected chi connectivity index (χ1v) is 16.0. The molecule has 0 aliphatic carbocycles. The van der Waals surface area contributed by atoms with Crippen LogP contribution in [0.3, 0.4) is 0 Å². The third-order valence-electron chi connectivity index (χ3n) is 8.77. The van der Waals surface area contributed by atoms with Crippen LogP contribution in [-0.4, -0.2) is 28.5 Å². The molecule has 0 radical (unpaired) electrons. The number of fused-ring (bicyclic) bond motifs is 5. The maximum Gasteiger partial charge on any atom is 0.222 e. The molecular weight excluding hydrogens is 601 g/mol. The Morgan fingerprint density at radius 2 is 1.31 bits per heavy atom. The largest absolute Gasteiger partial charge is 0.292 e. The summed E-state index contributed by atoms with van der Waals surface area (Å²) in [5, 5.41) is 1.08. The lowest BCUT2D eigenvalue weighted by molar-refractivity contribution is 1.06. The Balaban J connectivity index is 1.39. The molecule has 4 heterocycles. The molecule has 49 heavy (non-hydrogen) atoms. The third kappa shape index (κ3) is 4.77. The standard InChI is InChI=1S/C43H32N6/c1-5-18-29(6-2)35-28-36(30-19-11-9-12-20-30)45-41(44-35)31-21-17-24-33(27-31)47-39-26-16-15-25-34(39)40-42(47)46-43-48(32-22-13-10-14-23-32)37(7-3)38(8-4)49(40)43/h5-28H,1-4H2/b29-18+. The lowest BCUT2D eigenvalue weighted by Gasteiger charge is -2.12. The molecule has 234 valence electrons. The maximum atomic E-state index is 5.34. The van der Waals surface area contributed by atoms with Crippen molar-refractivity contribution in [2.24, 2.45) is 0 Å². The first-order valence-electron chi connectivity index (χ1n) is 16.0. The number of para-hydroxylation sites is 2. The zero-order chi connectivity index (χ0) is 33.5. The van der Waals surface area contributed by atoms with Crippen LogP contribution < -0.4 is 0 Å². The van der Waals surface area contributed by atoms with Gasteiger partial charge in [0, 0.05) is 27.9 Å². The molecule has 0 atom stereocenters. The van der Waals surface area contributed by atoms with E-state index < -0.39 is 0 Å². The van der Waals surface area contributed by atoms with Gasteiger partial charge < -0.3 is 0 Å². The van der Waals surface area contributed by atoms with E-state index in [1.807, 2.05) is 72.8 Å². The Morgan fingerprint density at radius 3 is 2.04 bits per heavy atom. The Hall–Kier alpha value is -6.79. The molecule has 0 saturated carbocycles. The second-order valence-electron chi connectivity index (χ2n) is 11.6. The van der Waals surface area contributed by atoms with Gasteiger partial charge in [0.1, 0.15) is 5.52 Å². The second kappa shape index (κ2) is 12.1. The van der Waals surface area contributed by atoms with Gasteiger partial charge in [0.15, 0.2) is 11.5 Å². The van der Waals surface area contributed by atoms with Gasteiger partial charge >= 0.3 is 0 Å². The topological polar surface area (TPSA) is 52.9 Å². The molecule has 4 aromatic carbocycles. The van der Waals surface area contributed by atoms with E-state index in [0.717, 1.165) is 78.7 Å². The molecule has 0 saturated heterocycles. The quantitative estimate of drug-likeness (QED) is 0.149. The van der Waals surface area contributed by atoms with Crippen molar-refractivity contribution in [2.45, 2.75) is 0 Å². The van der Waals surface area contributed by atoms with Crippen LogP contribution in [0.2, 0.25) is 0 Å². The zero-order valence-corrected chi connectivity index (χ0v) is 26.9. The molecule has 8 aromatic rings. The average Bonchev–Trinajstić information content (AvgIpc) is 3.79. The van der Waals surface area contributed by atoms with E-state index in [-0.39, 0.29) is 0 Å². The summed E-state index contributed by atoms with van der Waals surface area (Å²) in [6, 6.07) is 39.1. The Bertz CT molecular complexity index is 2610. The number of imidazole rings is 2. The smallest absolute Gasteiger partial charge is 0.222 e. The van der Waals surface area contributed by atoms with Crippen LogP contribution in [0, 0.1) is 0 Å². The molecule has 6 nitrogen and oxygen atoms in total. The van der Waals surface area contributed by atoms with Gasteiger partial charge in [0.2, 0.25) is 5.78 Å². The van der Waals surface area contributed by atoms with Crippen LogP contribution >= 0.6 is 0 Å². The maximum absolute atomic E-state index is 5.34. The highest BCUT2D eigenvalue weighted by molar-refractivity contribution is 6.08. The van der Waals surface area contributed by atoms with E-state index in [4.69, 9.17) is 15.0 Å². The predicted molar refractivity (Wildman–Crippen MR) is 204 cm³/mol. The molecule has 0 unspecified atom stereocenters. The van der Waals surface area contributed by atoms with Gasteiger partial charge in [-0.15, -0.1) is 0 Å². The number of hydrogen-bond donors (Lipinski definition) is 0. The minimum absolute atomic E-state index is 0.609. The Morgan fingerprint density at radius 1 is 0.612 bits per heavy atom. The summed E-state index contributed by atoms with van der Waals surface area (Å²) >= 11 is 0. The molecule has 6 heteroatoms. The fourth-order valence-corrected chi connectivity index (χ4v) is 6.63. The minimum Gasteiger partial charge on any atom is -0.292 e. The van der Waals surface area contributed by atoms with Crippen LogP contribution in [0.1, 0.15) is 17.1 Å². The van der Waals surface area contributed by atoms with Crippen molar-refractivity contribution in [1.82, 2.24) is 28.5 Å². The summed E-state index contributed by atoms with van der Waals surface area (Å²) in [6.07, 6.45) is 9.20. The van der Waals surface area contributed by atoms with Crippen LogP contribution in [-0.2, 0) is 0 Å². The van der Waals surface area contributed by atoms with Gasteiger partial charge in [-0.05, 0) is 54.1 Å². The van der Waals surface area contributed by atoms with E-state index in [1.165, 1.54) is 0 Å². The SMILES string of the molecule is C=C/C=C(\C=C)c1cc(-c2ccccc2)nc(-c2cccc(-n3c4ccccc4c4c3nc3n(-c5ccccc5)c(C=C)c(C=C)n43)c2)n1. The number of nitrogens with zero attached hydrogens (tertiary/aromatic N) is 6. The van der Waals surface area contributed by atoms with Gasteiger partial charge in [-0.2, -0.15) is 4.98 Å². The van der Waals surface area contributed by atoms with Gasteiger partial charge in [-0.1, -0.05) is 123 Å². The van der Waals surface area contributed by atoms with Gasteiger partial charge in [0.05, 0.1) is 28.3 Å². The molecule has 0 bridgehead atoms. The van der Waals surface area contributed by atoms with Crippen molar-refractivity contribution in [1.29, 1.82) is 0 Å². The van der Waals surface area contributed by atoms with E-state index in [1.54, 1.807) is 12.2 Å². The van der Waals surface area contributed by atoms with Crippen molar-refractivity contribution in [2.75, 3.05) is 0 Å². The number of hydrogen-bond acceptors (Lipinski definition) is 3. The molecule has 8 rings (SSSR count). The van der Waals surface area contributed by atoms with E-state index >= 15 is 0 Å². The van der Waals surface area contributed by atoms with Crippen molar-refractivity contribution in [3.63, 3.8) is 0 Å². The lowest BCUT2D eigenvalue weighted by atomic mass is 10.1. The number of allylic oxidation sites excluding steroid dienone is 4. The van der Waals surface area contributed by atoms with Crippen molar-refractivity contribution < 1.29 is 0 Å². The van der Waals surface area contributed by atoms with Crippen LogP contribution in [0.15, 0.2) is 160 Å². The normalized spacial score (nSPS) is 11.7. The van der Waals surface area contributed by atoms with Crippen LogP contribution in [0.5, 0.6) is 0 Å². The number of aromatic nitrogens is 6. The summed E-state index contributed by atoms with van der Waals surface area (Å²) < 4.78 is 6.54. The average molecular weight is 633 g/mol. The van der Waals surface area contributed by atoms with Gasteiger partial charge in [0.25, 0.3) is 0 Å². The lowest BCUT2D eigenvalue weighted by Crippen LogP contribution is -2.00. The number of benzene rings is 4. The summed E-state index contributed by atoms with van der Waals surface area (Å²) in [7, 11) is 0. The highest BCUT2D eigenvalue weighted by Crippen LogP contribution is 2.37. The molecule has 4 aromatic heterocycles. The monoisotopic (exact) mass is 632 g/mol. The first kappa shape index (κ1) is 29.6. The van der Waals surface area contributed by atoms with Gasteiger partial charge in [-0.25, -0.2) is 9.97 Å². The van der Waals surface area contributed by atoms with Crippen molar-refractivity contribution in [3.8, 4) is 34.0 Å². The molecule has 0 fully saturated rings. The van der Waals surface area contributed by atoms with E-state index in [9.17, 15) is 0 Å². The predicted octanol–water partition coefficient (Wildman–Crippen LogP) is 10.4. The fourth-order valence-electron chi connectivity index (χ4n) is 6.63. The zero-order valence-electron chi connectivity index (χ0n) is 26.9. The summed E-state index contributed by atoms with van der Waals surface area (Å²) in [4.78, 5) is 15.4. The molecular formula is C43H32N6. The Labute approximate surface area is 284 Å². The first-order chi connectivity index (χ1) is 24.1. The van der Waals surface area contributed by atoms with E-state index in [2.05, 4.69) is 101 Å². The summed E-state index contributed by atoms with van der Waals surface area (Å²) in [5.41, 5.74) is 11.0. The summed E-state index contributed by atoms with van der Waals surface area (Å²) in [5.74, 6) is 1.39. The van der Waals surface area contributed by atoms with E-state index in [0.29, 0.717) is 5.82 Å². The number of rotatable bonds is 9. The molecule has 0 N–H and O–H groups in total. The van der Waals surface area contributed by atoms with Crippen molar-refractivity contribution in [3.05, 3.63) is 177 Å². The van der Waals surface area contributed by atoms with Crippen LogP contribution in [0.25, 0.3) is 79.6 Å². The molecule has 0 aliphatic heterocycles. The molecule has 0 aliphatic rings. The molecule has 0 amide bonds. The van der Waals surface area contributed by atoms with Gasteiger partial charge in [-0.3, -0.25) is 13.5 Å². The second-order valence-corrected chi connectivity index (χ2v) is 11.6. The Kier molecular flexibility index (Phi) is 7.31. The minimum atomic E-state index is 0.609.